The fraction of sp³-hybridized carbons (Fsp3) is 0.308. The summed E-state index contributed by atoms with van der Waals surface area (Å²) in [4.78, 5) is 0. The standard InChI is InChI=1S/C13H15F2N3O/c1-8(16-7-10-4-5-17-18-10)13(19)9-2-3-11(14)12(15)6-9/h2-6,8,13,16,19H,7H2,1H3,(H,17,18). The van der Waals surface area contributed by atoms with Crippen molar-refractivity contribution in [1.29, 1.82) is 0 Å². The molecule has 0 radical (unpaired) electrons. The molecule has 0 aliphatic carbocycles. The minimum atomic E-state index is -0.961. The van der Waals surface area contributed by atoms with E-state index in [2.05, 4.69) is 15.5 Å². The van der Waals surface area contributed by atoms with Gasteiger partial charge in [-0.25, -0.2) is 8.78 Å². The van der Waals surface area contributed by atoms with E-state index in [4.69, 9.17) is 0 Å². The van der Waals surface area contributed by atoms with Gasteiger partial charge in [-0.15, -0.1) is 0 Å². The van der Waals surface area contributed by atoms with E-state index in [-0.39, 0.29) is 6.04 Å². The molecule has 0 saturated carbocycles. The summed E-state index contributed by atoms with van der Waals surface area (Å²) in [5, 5.41) is 19.7. The van der Waals surface area contributed by atoms with Crippen molar-refractivity contribution in [3.05, 3.63) is 53.4 Å². The van der Waals surface area contributed by atoms with Crippen molar-refractivity contribution in [1.82, 2.24) is 15.5 Å². The predicted molar refractivity (Wildman–Crippen MR) is 66.2 cm³/mol. The van der Waals surface area contributed by atoms with Crippen LogP contribution >= 0.6 is 0 Å². The monoisotopic (exact) mass is 267 g/mol. The number of nitrogens with one attached hydrogen (secondary N) is 2. The Balaban J connectivity index is 1.97. The second kappa shape index (κ2) is 5.90. The van der Waals surface area contributed by atoms with E-state index in [0.29, 0.717) is 12.1 Å². The summed E-state index contributed by atoms with van der Waals surface area (Å²) in [5.41, 5.74) is 1.22. The molecule has 1 heterocycles. The lowest BCUT2D eigenvalue weighted by Gasteiger charge is -2.20. The van der Waals surface area contributed by atoms with E-state index in [1.54, 1.807) is 13.1 Å². The van der Waals surface area contributed by atoms with E-state index in [1.807, 2.05) is 6.07 Å². The van der Waals surface area contributed by atoms with Crippen LogP contribution in [0.1, 0.15) is 24.3 Å². The van der Waals surface area contributed by atoms with Gasteiger partial charge in [-0.05, 0) is 30.7 Å². The van der Waals surface area contributed by atoms with Crippen LogP contribution in [0.5, 0.6) is 0 Å². The molecule has 1 aromatic heterocycles. The average Bonchev–Trinajstić information content (AvgIpc) is 2.91. The SMILES string of the molecule is CC(NCc1ccn[nH]1)C(O)c1ccc(F)c(F)c1. The van der Waals surface area contributed by atoms with E-state index in [1.165, 1.54) is 6.07 Å². The maximum Gasteiger partial charge on any atom is 0.159 e. The zero-order valence-electron chi connectivity index (χ0n) is 10.4. The molecule has 19 heavy (non-hydrogen) atoms. The summed E-state index contributed by atoms with van der Waals surface area (Å²) < 4.78 is 25.9. The van der Waals surface area contributed by atoms with Crippen LogP contribution in [0.4, 0.5) is 8.78 Å². The number of aliphatic hydroxyl groups is 1. The van der Waals surface area contributed by atoms with Crippen LogP contribution in [0.2, 0.25) is 0 Å². The molecule has 0 fully saturated rings. The Morgan fingerprint density at radius 3 is 2.74 bits per heavy atom. The van der Waals surface area contributed by atoms with Gasteiger partial charge in [-0.3, -0.25) is 5.10 Å². The lowest BCUT2D eigenvalue weighted by Crippen LogP contribution is -2.31. The number of halogens is 2. The van der Waals surface area contributed by atoms with Gasteiger partial charge in [0.1, 0.15) is 0 Å². The molecule has 0 saturated heterocycles. The number of aromatic nitrogens is 2. The van der Waals surface area contributed by atoms with Crippen molar-refractivity contribution in [3.63, 3.8) is 0 Å². The molecule has 2 atom stereocenters. The zero-order chi connectivity index (χ0) is 13.8. The van der Waals surface area contributed by atoms with Crippen LogP contribution in [0.3, 0.4) is 0 Å². The first-order valence-corrected chi connectivity index (χ1v) is 5.92. The second-order valence-electron chi connectivity index (χ2n) is 4.37. The predicted octanol–water partition coefficient (Wildman–Crippen LogP) is 1.90. The minimum Gasteiger partial charge on any atom is -0.387 e. The van der Waals surface area contributed by atoms with Gasteiger partial charge < -0.3 is 10.4 Å². The lowest BCUT2D eigenvalue weighted by atomic mass is 10.0. The van der Waals surface area contributed by atoms with E-state index in [9.17, 15) is 13.9 Å². The van der Waals surface area contributed by atoms with E-state index in [0.717, 1.165) is 17.8 Å². The Bertz CT molecular complexity index is 531. The molecule has 0 aliphatic rings. The van der Waals surface area contributed by atoms with Gasteiger partial charge in [0.2, 0.25) is 0 Å². The van der Waals surface area contributed by atoms with Crippen molar-refractivity contribution in [3.8, 4) is 0 Å². The smallest absolute Gasteiger partial charge is 0.159 e. The molecule has 2 rings (SSSR count). The largest absolute Gasteiger partial charge is 0.387 e. The molecule has 3 N–H and O–H groups in total. The number of benzene rings is 1. The highest BCUT2D eigenvalue weighted by atomic mass is 19.2. The third-order valence-electron chi connectivity index (χ3n) is 2.93. The van der Waals surface area contributed by atoms with Crippen LogP contribution in [0.25, 0.3) is 0 Å². The minimum absolute atomic E-state index is 0.312. The maximum atomic E-state index is 13.1. The van der Waals surface area contributed by atoms with Gasteiger partial charge in [0.05, 0.1) is 6.10 Å². The quantitative estimate of drug-likeness (QED) is 0.775. The van der Waals surface area contributed by atoms with Crippen molar-refractivity contribution in [2.75, 3.05) is 0 Å². The second-order valence-corrected chi connectivity index (χ2v) is 4.37. The fourth-order valence-corrected chi connectivity index (χ4v) is 1.75. The third-order valence-corrected chi connectivity index (χ3v) is 2.93. The number of hydrogen-bond acceptors (Lipinski definition) is 3. The summed E-state index contributed by atoms with van der Waals surface area (Å²) in [6.45, 7) is 2.27. The summed E-state index contributed by atoms with van der Waals surface area (Å²) in [6.07, 6.45) is 0.714. The molecule has 2 unspecified atom stereocenters. The third kappa shape index (κ3) is 3.36. The number of aromatic amines is 1. The Hall–Kier alpha value is -1.79. The van der Waals surface area contributed by atoms with E-state index < -0.39 is 17.7 Å². The fourth-order valence-electron chi connectivity index (χ4n) is 1.75. The van der Waals surface area contributed by atoms with Crippen LogP contribution in [-0.4, -0.2) is 21.3 Å². The molecule has 0 bridgehead atoms. The average molecular weight is 267 g/mol. The summed E-state index contributed by atoms with van der Waals surface area (Å²) in [5.74, 6) is -1.88. The summed E-state index contributed by atoms with van der Waals surface area (Å²) in [6, 6.07) is 4.89. The molecule has 0 aliphatic heterocycles. The molecular weight excluding hydrogens is 252 g/mol. The first-order chi connectivity index (χ1) is 9.08. The Labute approximate surface area is 109 Å². The number of rotatable bonds is 5. The van der Waals surface area contributed by atoms with Gasteiger partial charge in [0.25, 0.3) is 0 Å². The summed E-state index contributed by atoms with van der Waals surface area (Å²) in [7, 11) is 0. The highest BCUT2D eigenvalue weighted by molar-refractivity contribution is 5.21. The Kier molecular flexibility index (Phi) is 4.24. The zero-order valence-corrected chi connectivity index (χ0v) is 10.4. The molecule has 6 heteroatoms. The van der Waals surface area contributed by atoms with Gasteiger partial charge in [0, 0.05) is 24.5 Å². The van der Waals surface area contributed by atoms with Gasteiger partial charge in [-0.1, -0.05) is 6.07 Å². The lowest BCUT2D eigenvalue weighted by molar-refractivity contribution is 0.134. The Morgan fingerprint density at radius 1 is 1.32 bits per heavy atom. The van der Waals surface area contributed by atoms with Gasteiger partial charge >= 0.3 is 0 Å². The topological polar surface area (TPSA) is 60.9 Å². The van der Waals surface area contributed by atoms with Crippen LogP contribution in [-0.2, 0) is 6.54 Å². The number of aliphatic hydroxyl groups excluding tert-OH is 1. The van der Waals surface area contributed by atoms with Gasteiger partial charge in [0.15, 0.2) is 11.6 Å². The summed E-state index contributed by atoms with van der Waals surface area (Å²) >= 11 is 0. The molecule has 0 amide bonds. The van der Waals surface area contributed by atoms with E-state index >= 15 is 0 Å². The molecule has 0 spiro atoms. The maximum absolute atomic E-state index is 13.1. The first-order valence-electron chi connectivity index (χ1n) is 5.92. The van der Waals surface area contributed by atoms with Crippen LogP contribution in [0.15, 0.2) is 30.5 Å². The molecule has 2 aromatic rings. The highest BCUT2D eigenvalue weighted by Gasteiger charge is 2.17. The highest BCUT2D eigenvalue weighted by Crippen LogP contribution is 2.19. The van der Waals surface area contributed by atoms with Gasteiger partial charge in [-0.2, -0.15) is 5.10 Å². The van der Waals surface area contributed by atoms with Crippen LogP contribution < -0.4 is 5.32 Å². The molecular formula is C13H15F2N3O. The molecule has 1 aromatic carbocycles. The Morgan fingerprint density at radius 2 is 2.11 bits per heavy atom. The number of nitrogens with zero attached hydrogens (tertiary/aromatic N) is 1. The first kappa shape index (κ1) is 13.6. The van der Waals surface area contributed by atoms with Crippen molar-refractivity contribution < 1.29 is 13.9 Å². The number of hydrogen-bond donors (Lipinski definition) is 3. The molecule has 102 valence electrons. The van der Waals surface area contributed by atoms with Crippen molar-refractivity contribution in [2.45, 2.75) is 25.6 Å². The molecule has 4 nitrogen and oxygen atoms in total. The number of H-pyrrole nitrogens is 1. The van der Waals surface area contributed by atoms with Crippen LogP contribution in [0, 0.1) is 11.6 Å². The normalized spacial score (nSPS) is 14.3. The van der Waals surface area contributed by atoms with Crippen molar-refractivity contribution >= 4 is 0 Å². The van der Waals surface area contributed by atoms with Crippen molar-refractivity contribution in [2.24, 2.45) is 0 Å².